The van der Waals surface area contributed by atoms with E-state index in [9.17, 15) is 14.7 Å². The first-order valence-electron chi connectivity index (χ1n) is 7.82. The minimum absolute atomic E-state index is 0.0369. The molecule has 1 aromatic carbocycles. The second-order valence-corrected chi connectivity index (χ2v) is 5.57. The van der Waals surface area contributed by atoms with Gasteiger partial charge in [0.05, 0.1) is 20.1 Å². The fourth-order valence-electron chi connectivity index (χ4n) is 3.06. The van der Waals surface area contributed by atoms with Crippen molar-refractivity contribution in [2.45, 2.75) is 12.8 Å². The molecule has 0 aliphatic carbocycles. The van der Waals surface area contributed by atoms with Gasteiger partial charge in [0, 0.05) is 31.2 Å². The summed E-state index contributed by atoms with van der Waals surface area (Å²) in [6.07, 6.45) is 0. The van der Waals surface area contributed by atoms with Crippen LogP contribution in [-0.4, -0.2) is 62.4 Å². The van der Waals surface area contributed by atoms with Crippen molar-refractivity contribution in [2.75, 3.05) is 40.5 Å². The topological polar surface area (TPSA) is 85.3 Å². The van der Waals surface area contributed by atoms with Crippen molar-refractivity contribution in [2.24, 2.45) is 5.92 Å². The molecule has 1 aromatic rings. The molecular formula is C17H23NO6. The number of ether oxygens (including phenoxy) is 3. The molecule has 2 atom stereocenters. The van der Waals surface area contributed by atoms with E-state index in [-0.39, 0.29) is 25.0 Å². The molecule has 7 nitrogen and oxygen atoms in total. The van der Waals surface area contributed by atoms with Crippen LogP contribution < -0.4 is 9.47 Å². The maximum absolute atomic E-state index is 12.2. The number of nitrogens with zero attached hydrogens (tertiary/aromatic N) is 1. The van der Waals surface area contributed by atoms with Gasteiger partial charge in [0.1, 0.15) is 6.61 Å². The number of carboxylic acids is 1. The fraction of sp³-hybridized carbons (Fsp3) is 0.529. The van der Waals surface area contributed by atoms with E-state index in [4.69, 9.17) is 14.2 Å². The van der Waals surface area contributed by atoms with Crippen LogP contribution in [0.4, 0.5) is 0 Å². The highest BCUT2D eigenvalue weighted by Gasteiger charge is 2.41. The summed E-state index contributed by atoms with van der Waals surface area (Å²) >= 11 is 0. The Balaban J connectivity index is 2.31. The lowest BCUT2D eigenvalue weighted by atomic mass is 9.88. The normalized spacial score (nSPS) is 20.0. The minimum Gasteiger partial charge on any atom is -0.493 e. The van der Waals surface area contributed by atoms with Crippen LogP contribution in [-0.2, 0) is 14.3 Å². The Morgan fingerprint density at radius 2 is 2.00 bits per heavy atom. The van der Waals surface area contributed by atoms with Crippen molar-refractivity contribution in [3.8, 4) is 11.5 Å². The Morgan fingerprint density at radius 1 is 1.25 bits per heavy atom. The van der Waals surface area contributed by atoms with Gasteiger partial charge in [-0.15, -0.1) is 0 Å². The minimum atomic E-state index is -0.934. The van der Waals surface area contributed by atoms with Crippen LogP contribution in [0.25, 0.3) is 0 Å². The van der Waals surface area contributed by atoms with E-state index in [1.54, 1.807) is 19.1 Å². The molecule has 2 rings (SSSR count). The smallest absolute Gasteiger partial charge is 0.308 e. The zero-order valence-corrected chi connectivity index (χ0v) is 14.2. The number of carboxylic acid groups (broad SMARTS) is 1. The van der Waals surface area contributed by atoms with E-state index < -0.39 is 11.9 Å². The molecule has 0 aromatic heterocycles. The molecule has 2 unspecified atom stereocenters. The average Bonchev–Trinajstić information content (AvgIpc) is 3.04. The first-order chi connectivity index (χ1) is 11.5. The van der Waals surface area contributed by atoms with Crippen molar-refractivity contribution in [1.82, 2.24) is 4.90 Å². The van der Waals surface area contributed by atoms with Gasteiger partial charge in [0.2, 0.25) is 5.91 Å². The zero-order chi connectivity index (χ0) is 17.7. The van der Waals surface area contributed by atoms with Crippen LogP contribution in [0, 0.1) is 5.92 Å². The third-order valence-electron chi connectivity index (χ3n) is 4.25. The molecule has 0 saturated carbocycles. The Kier molecular flexibility index (Phi) is 6.03. The number of benzene rings is 1. The number of hydrogen-bond acceptors (Lipinski definition) is 5. The number of carbonyl (C=O) groups excluding carboxylic acids is 1. The van der Waals surface area contributed by atoms with Gasteiger partial charge in [-0.2, -0.15) is 0 Å². The SMILES string of the molecule is CCOCC(=O)N1CC(C(=O)O)C(c2cccc(OC)c2OC)C1. The molecule has 0 spiro atoms. The van der Waals surface area contributed by atoms with Gasteiger partial charge in [-0.1, -0.05) is 12.1 Å². The van der Waals surface area contributed by atoms with Gasteiger partial charge in [-0.3, -0.25) is 9.59 Å². The standard InChI is InChI=1S/C17H23NO6/c1-4-24-10-15(19)18-8-12(13(9-18)17(20)21)11-6-5-7-14(22-2)16(11)23-3/h5-7,12-13H,4,8-10H2,1-3H3,(H,20,21). The molecule has 1 amide bonds. The molecular weight excluding hydrogens is 314 g/mol. The van der Waals surface area contributed by atoms with Gasteiger partial charge >= 0.3 is 5.97 Å². The van der Waals surface area contributed by atoms with Gasteiger partial charge < -0.3 is 24.2 Å². The lowest BCUT2D eigenvalue weighted by Crippen LogP contribution is -2.33. The molecule has 1 aliphatic heterocycles. The summed E-state index contributed by atoms with van der Waals surface area (Å²) in [6.45, 7) is 2.68. The summed E-state index contributed by atoms with van der Waals surface area (Å²) < 4.78 is 15.9. The Morgan fingerprint density at radius 3 is 2.58 bits per heavy atom. The quantitative estimate of drug-likeness (QED) is 0.809. The van der Waals surface area contributed by atoms with Gasteiger partial charge in [0.15, 0.2) is 11.5 Å². The summed E-state index contributed by atoms with van der Waals surface area (Å²) in [5, 5.41) is 9.57. The van der Waals surface area contributed by atoms with Crippen molar-refractivity contribution < 1.29 is 28.9 Å². The van der Waals surface area contributed by atoms with E-state index >= 15 is 0 Å². The molecule has 132 valence electrons. The molecule has 7 heteroatoms. The summed E-state index contributed by atoms with van der Waals surface area (Å²) in [5.41, 5.74) is 0.732. The van der Waals surface area contributed by atoms with Gasteiger partial charge in [0.25, 0.3) is 0 Å². The largest absolute Gasteiger partial charge is 0.493 e. The number of para-hydroxylation sites is 1. The second kappa shape index (κ2) is 8.01. The highest BCUT2D eigenvalue weighted by atomic mass is 16.5. The molecule has 1 N–H and O–H groups in total. The number of likely N-dealkylation sites (tertiary alicyclic amines) is 1. The van der Waals surface area contributed by atoms with Crippen LogP contribution in [0.3, 0.4) is 0 Å². The number of aliphatic carboxylic acids is 1. The Hall–Kier alpha value is -2.28. The van der Waals surface area contributed by atoms with Crippen molar-refractivity contribution in [3.05, 3.63) is 23.8 Å². The number of amides is 1. The molecule has 1 aliphatic rings. The number of carbonyl (C=O) groups is 2. The van der Waals surface area contributed by atoms with Crippen LogP contribution in [0.15, 0.2) is 18.2 Å². The Labute approximate surface area is 141 Å². The zero-order valence-electron chi connectivity index (χ0n) is 14.2. The second-order valence-electron chi connectivity index (χ2n) is 5.57. The lowest BCUT2D eigenvalue weighted by Gasteiger charge is -2.20. The summed E-state index contributed by atoms with van der Waals surface area (Å²) in [4.78, 5) is 25.4. The molecule has 0 bridgehead atoms. The Bertz CT molecular complexity index is 603. The monoisotopic (exact) mass is 337 g/mol. The third kappa shape index (κ3) is 3.62. The summed E-state index contributed by atoms with van der Waals surface area (Å²) in [7, 11) is 3.05. The average molecular weight is 337 g/mol. The van der Waals surface area contributed by atoms with Crippen molar-refractivity contribution >= 4 is 11.9 Å². The van der Waals surface area contributed by atoms with E-state index in [2.05, 4.69) is 0 Å². The first-order valence-corrected chi connectivity index (χ1v) is 7.82. The van der Waals surface area contributed by atoms with Gasteiger partial charge in [-0.05, 0) is 13.0 Å². The highest BCUT2D eigenvalue weighted by molar-refractivity contribution is 5.80. The van der Waals surface area contributed by atoms with Crippen LogP contribution in [0.1, 0.15) is 18.4 Å². The maximum atomic E-state index is 12.2. The van der Waals surface area contributed by atoms with E-state index in [0.717, 1.165) is 5.56 Å². The number of hydrogen-bond donors (Lipinski definition) is 1. The lowest BCUT2D eigenvalue weighted by molar-refractivity contribution is -0.142. The summed E-state index contributed by atoms with van der Waals surface area (Å²) in [5.74, 6) is -1.15. The van der Waals surface area contributed by atoms with E-state index in [0.29, 0.717) is 24.7 Å². The van der Waals surface area contributed by atoms with Crippen molar-refractivity contribution in [3.63, 3.8) is 0 Å². The van der Waals surface area contributed by atoms with Crippen molar-refractivity contribution in [1.29, 1.82) is 0 Å². The predicted octanol–water partition coefficient (Wildman–Crippen LogP) is 1.37. The first kappa shape index (κ1) is 18.1. The third-order valence-corrected chi connectivity index (χ3v) is 4.25. The molecule has 0 radical (unpaired) electrons. The maximum Gasteiger partial charge on any atom is 0.308 e. The van der Waals surface area contributed by atoms with Crippen LogP contribution in [0.2, 0.25) is 0 Å². The van der Waals surface area contributed by atoms with Crippen LogP contribution in [0.5, 0.6) is 11.5 Å². The van der Waals surface area contributed by atoms with Gasteiger partial charge in [-0.25, -0.2) is 0 Å². The summed E-state index contributed by atoms with van der Waals surface area (Å²) in [6, 6.07) is 5.36. The van der Waals surface area contributed by atoms with E-state index in [1.807, 2.05) is 6.07 Å². The molecule has 1 heterocycles. The number of rotatable bonds is 7. The highest BCUT2D eigenvalue weighted by Crippen LogP contribution is 2.41. The number of methoxy groups -OCH3 is 2. The fourth-order valence-corrected chi connectivity index (χ4v) is 3.06. The molecule has 24 heavy (non-hydrogen) atoms. The molecule has 1 fully saturated rings. The van der Waals surface area contributed by atoms with Crippen LogP contribution >= 0.6 is 0 Å². The molecule has 1 saturated heterocycles. The predicted molar refractivity (Wildman–Crippen MR) is 86.5 cm³/mol. The van der Waals surface area contributed by atoms with E-state index in [1.165, 1.54) is 19.1 Å².